The van der Waals surface area contributed by atoms with Crippen molar-refractivity contribution in [2.45, 2.75) is 47.4 Å². The van der Waals surface area contributed by atoms with E-state index in [2.05, 4.69) is 36.2 Å². The average molecular weight is 411 g/mol. The fraction of sp³-hybridized carbons (Fsp3) is 0.700. The maximum absolute atomic E-state index is 11.8. The van der Waals surface area contributed by atoms with E-state index in [1.165, 1.54) is 37.0 Å². The van der Waals surface area contributed by atoms with E-state index >= 15 is 0 Å². The SMILES string of the molecule is CN1CC(c2ccc(S(C)(=O)=O)cc2)CC2C1CN[N+]2(C)CC1CCCS1. The topological polar surface area (TPSA) is 49.4 Å². The third-order valence-corrected chi connectivity index (χ3v) is 9.33. The summed E-state index contributed by atoms with van der Waals surface area (Å²) in [6.45, 7) is 3.31. The van der Waals surface area contributed by atoms with Gasteiger partial charge in [0, 0.05) is 25.1 Å². The Morgan fingerprint density at radius 2 is 2.04 bits per heavy atom. The van der Waals surface area contributed by atoms with Gasteiger partial charge < -0.3 is 0 Å². The summed E-state index contributed by atoms with van der Waals surface area (Å²) in [5.74, 6) is 1.77. The first kappa shape index (κ1) is 19.7. The fourth-order valence-corrected chi connectivity index (χ4v) is 7.31. The lowest BCUT2D eigenvalue weighted by Gasteiger charge is -2.44. The number of piperidine rings is 1. The van der Waals surface area contributed by atoms with Crippen LogP contribution in [0.25, 0.3) is 0 Å². The van der Waals surface area contributed by atoms with E-state index in [0.29, 0.717) is 22.9 Å². The van der Waals surface area contributed by atoms with Crippen molar-refractivity contribution < 1.29 is 13.0 Å². The maximum Gasteiger partial charge on any atom is 0.175 e. The van der Waals surface area contributed by atoms with Crippen LogP contribution in [-0.4, -0.2) is 81.0 Å². The van der Waals surface area contributed by atoms with Crippen molar-refractivity contribution in [2.75, 3.05) is 45.7 Å². The van der Waals surface area contributed by atoms with Crippen molar-refractivity contribution in [3.63, 3.8) is 0 Å². The molecule has 0 aromatic heterocycles. The second kappa shape index (κ2) is 7.34. The summed E-state index contributed by atoms with van der Waals surface area (Å²) in [5, 5.41) is 0.779. The largest absolute Gasteiger partial charge is 0.296 e. The van der Waals surface area contributed by atoms with Gasteiger partial charge in [-0.2, -0.15) is 17.2 Å². The summed E-state index contributed by atoms with van der Waals surface area (Å²) >= 11 is 2.14. The van der Waals surface area contributed by atoms with Crippen LogP contribution in [0.4, 0.5) is 0 Å². The highest BCUT2D eigenvalue weighted by Gasteiger charge is 2.52. The van der Waals surface area contributed by atoms with E-state index < -0.39 is 9.84 Å². The molecule has 7 heteroatoms. The van der Waals surface area contributed by atoms with Gasteiger partial charge in [0.2, 0.25) is 0 Å². The molecule has 5 atom stereocenters. The molecule has 0 radical (unpaired) electrons. The molecule has 5 nitrogen and oxygen atoms in total. The molecule has 5 unspecified atom stereocenters. The molecule has 3 fully saturated rings. The van der Waals surface area contributed by atoms with Gasteiger partial charge in [0.05, 0.1) is 29.8 Å². The van der Waals surface area contributed by atoms with Gasteiger partial charge in [0.25, 0.3) is 0 Å². The number of likely N-dealkylation sites (tertiary alicyclic amines) is 1. The number of fused-ring (bicyclic) bond motifs is 1. The average Bonchev–Trinajstić information content (AvgIpc) is 3.23. The summed E-state index contributed by atoms with van der Waals surface area (Å²) in [7, 11) is 1.49. The van der Waals surface area contributed by atoms with Crippen LogP contribution < -0.4 is 5.43 Å². The molecule has 4 rings (SSSR count). The normalized spacial score (nSPS) is 37.4. The number of hydrogen-bond donors (Lipinski definition) is 1. The minimum absolute atomic E-state index is 0.412. The highest BCUT2D eigenvalue weighted by Crippen LogP contribution is 2.38. The van der Waals surface area contributed by atoms with Crippen LogP contribution in [0.5, 0.6) is 0 Å². The molecule has 0 spiro atoms. The van der Waals surface area contributed by atoms with Crippen molar-refractivity contribution in [3.05, 3.63) is 29.8 Å². The van der Waals surface area contributed by atoms with Gasteiger partial charge in [0.1, 0.15) is 12.6 Å². The van der Waals surface area contributed by atoms with Crippen LogP contribution in [0.1, 0.15) is 30.7 Å². The summed E-state index contributed by atoms with van der Waals surface area (Å²) < 4.78 is 24.5. The number of likely N-dealkylation sites (N-methyl/N-ethyl adjacent to an activating group) is 2. The highest BCUT2D eigenvalue weighted by atomic mass is 32.2. The number of benzene rings is 1. The van der Waals surface area contributed by atoms with Crippen LogP contribution >= 0.6 is 11.8 Å². The van der Waals surface area contributed by atoms with Gasteiger partial charge in [-0.1, -0.05) is 12.1 Å². The Bertz CT molecular complexity index is 777. The Balaban J connectivity index is 1.53. The fourth-order valence-electron chi connectivity index (χ4n) is 5.26. The summed E-state index contributed by atoms with van der Waals surface area (Å²) in [6.07, 6.45) is 5.14. The molecule has 3 heterocycles. The van der Waals surface area contributed by atoms with Crippen molar-refractivity contribution in [1.29, 1.82) is 0 Å². The van der Waals surface area contributed by atoms with Crippen LogP contribution in [0.15, 0.2) is 29.2 Å². The zero-order valence-electron chi connectivity index (χ0n) is 16.6. The van der Waals surface area contributed by atoms with Gasteiger partial charge in [-0.15, -0.1) is 0 Å². The van der Waals surface area contributed by atoms with Gasteiger partial charge in [-0.3, -0.25) is 4.90 Å². The minimum atomic E-state index is -3.13. The smallest absolute Gasteiger partial charge is 0.175 e. The quantitative estimate of drug-likeness (QED) is 0.771. The number of rotatable bonds is 4. The molecule has 3 aliphatic rings. The van der Waals surface area contributed by atoms with Crippen LogP contribution in [0.2, 0.25) is 0 Å². The molecule has 0 saturated carbocycles. The predicted molar refractivity (Wildman–Crippen MR) is 112 cm³/mol. The maximum atomic E-state index is 11.8. The van der Waals surface area contributed by atoms with Crippen molar-refractivity contribution in [2.24, 2.45) is 0 Å². The lowest BCUT2D eigenvalue weighted by molar-refractivity contribution is -0.962. The molecule has 150 valence electrons. The van der Waals surface area contributed by atoms with Gasteiger partial charge in [-0.05, 0) is 43.3 Å². The second-order valence-corrected chi connectivity index (χ2v) is 12.2. The van der Waals surface area contributed by atoms with Crippen LogP contribution in [0.3, 0.4) is 0 Å². The first-order valence-corrected chi connectivity index (χ1v) is 12.9. The van der Waals surface area contributed by atoms with E-state index in [0.717, 1.165) is 29.4 Å². The number of sulfone groups is 1. The summed E-state index contributed by atoms with van der Waals surface area (Å²) in [5.41, 5.74) is 5.10. The lowest BCUT2D eigenvalue weighted by atomic mass is 9.84. The Hall–Kier alpha value is -0.600. The van der Waals surface area contributed by atoms with E-state index in [4.69, 9.17) is 0 Å². The van der Waals surface area contributed by atoms with E-state index in [9.17, 15) is 8.42 Å². The molecule has 3 saturated heterocycles. The standard InChI is InChI=1S/C20H32N3O2S2/c1-22-13-16(15-6-8-18(9-7-15)27(3,24)25)11-20-19(22)12-21-23(20,2)14-17-5-4-10-26-17/h6-9,16-17,19-21H,4-5,10-14H2,1-3H3/q+1. The van der Waals surface area contributed by atoms with E-state index in [-0.39, 0.29) is 0 Å². The van der Waals surface area contributed by atoms with E-state index in [1.807, 2.05) is 12.1 Å². The Morgan fingerprint density at radius 3 is 2.67 bits per heavy atom. The van der Waals surface area contributed by atoms with Crippen molar-refractivity contribution in [1.82, 2.24) is 10.3 Å². The zero-order valence-corrected chi connectivity index (χ0v) is 18.2. The Labute approximate surface area is 168 Å². The molecule has 1 aromatic rings. The predicted octanol–water partition coefficient (Wildman–Crippen LogP) is 2.11. The highest BCUT2D eigenvalue weighted by molar-refractivity contribution is 8.00. The minimum Gasteiger partial charge on any atom is -0.296 e. The first-order chi connectivity index (χ1) is 12.8. The molecule has 0 aliphatic carbocycles. The molecular weight excluding hydrogens is 378 g/mol. The number of nitrogens with zero attached hydrogens (tertiary/aromatic N) is 2. The number of nitrogens with one attached hydrogen (secondary N) is 1. The monoisotopic (exact) mass is 410 g/mol. The van der Waals surface area contributed by atoms with Gasteiger partial charge in [0.15, 0.2) is 9.84 Å². The molecule has 0 amide bonds. The summed E-state index contributed by atoms with van der Waals surface area (Å²) in [4.78, 5) is 2.93. The molecule has 1 aromatic carbocycles. The molecule has 0 bridgehead atoms. The van der Waals surface area contributed by atoms with E-state index in [1.54, 1.807) is 12.1 Å². The second-order valence-electron chi connectivity index (χ2n) is 8.80. The Kier molecular flexibility index (Phi) is 5.35. The third-order valence-electron chi connectivity index (χ3n) is 6.82. The number of hydrogen-bond acceptors (Lipinski definition) is 5. The number of thioether (sulfide) groups is 1. The first-order valence-electron chi connectivity index (χ1n) is 9.98. The molecular formula is C20H32N3O2S2+. The van der Waals surface area contributed by atoms with Crippen LogP contribution in [-0.2, 0) is 9.84 Å². The van der Waals surface area contributed by atoms with Crippen LogP contribution in [0, 0.1) is 0 Å². The zero-order chi connectivity index (χ0) is 19.2. The summed E-state index contributed by atoms with van der Waals surface area (Å²) in [6, 6.07) is 8.76. The van der Waals surface area contributed by atoms with Gasteiger partial charge >= 0.3 is 0 Å². The number of quaternary nitrogens is 1. The lowest BCUT2D eigenvalue weighted by Crippen LogP contribution is -2.62. The Morgan fingerprint density at radius 1 is 1.30 bits per heavy atom. The molecule has 1 N–H and O–H groups in total. The molecule has 3 aliphatic heterocycles. The molecule has 27 heavy (non-hydrogen) atoms. The van der Waals surface area contributed by atoms with Gasteiger partial charge in [-0.25, -0.2) is 13.0 Å². The third kappa shape index (κ3) is 3.94. The van der Waals surface area contributed by atoms with Crippen molar-refractivity contribution in [3.8, 4) is 0 Å². The van der Waals surface area contributed by atoms with Crippen molar-refractivity contribution >= 4 is 21.6 Å².